The Morgan fingerprint density at radius 2 is 2.06 bits per heavy atom. The molecule has 2 aliphatic rings. The Morgan fingerprint density at radius 1 is 1.29 bits per heavy atom. The molecule has 0 aromatic rings. The van der Waals surface area contributed by atoms with Crippen LogP contribution in [0.2, 0.25) is 0 Å². The molecule has 0 aromatic carbocycles. The summed E-state index contributed by atoms with van der Waals surface area (Å²) >= 11 is 0. The van der Waals surface area contributed by atoms with E-state index in [9.17, 15) is 0 Å². The molecule has 1 saturated carbocycles. The first-order valence-electron chi connectivity index (χ1n) is 7.08. The number of hydrogen-bond acceptors (Lipinski definition) is 3. The van der Waals surface area contributed by atoms with E-state index in [0.29, 0.717) is 12.1 Å². The Morgan fingerprint density at radius 3 is 2.71 bits per heavy atom. The summed E-state index contributed by atoms with van der Waals surface area (Å²) in [6.45, 7) is 6.94. The van der Waals surface area contributed by atoms with E-state index in [-0.39, 0.29) is 6.04 Å². The molecular weight excluding hydrogens is 210 g/mol. The molecule has 2 fully saturated rings. The molecule has 1 saturated heterocycles. The molecule has 0 amide bonds. The summed E-state index contributed by atoms with van der Waals surface area (Å²) in [5.41, 5.74) is 0. The third kappa shape index (κ3) is 3.97. The average Bonchev–Trinajstić information content (AvgIpc) is 3.12. The third-order valence-corrected chi connectivity index (χ3v) is 4.12. The van der Waals surface area contributed by atoms with E-state index in [1.165, 1.54) is 32.2 Å². The van der Waals surface area contributed by atoms with Crippen LogP contribution in [0.3, 0.4) is 0 Å². The minimum Gasteiger partial charge on any atom is -0.300 e. The van der Waals surface area contributed by atoms with Gasteiger partial charge in [0.2, 0.25) is 0 Å². The van der Waals surface area contributed by atoms with Gasteiger partial charge in [0.1, 0.15) is 0 Å². The Kier molecular flexibility index (Phi) is 4.42. The summed E-state index contributed by atoms with van der Waals surface area (Å²) in [5, 5.41) is 12.5. The Bertz CT molecular complexity index is 280. The van der Waals surface area contributed by atoms with Gasteiger partial charge in [-0.25, -0.2) is 0 Å². The van der Waals surface area contributed by atoms with Crippen LogP contribution >= 0.6 is 0 Å². The van der Waals surface area contributed by atoms with Crippen LogP contribution in [0.5, 0.6) is 0 Å². The van der Waals surface area contributed by atoms with Crippen molar-refractivity contribution in [2.45, 2.75) is 64.1 Å². The fourth-order valence-electron chi connectivity index (χ4n) is 2.71. The van der Waals surface area contributed by atoms with Gasteiger partial charge in [-0.15, -0.1) is 0 Å². The number of rotatable bonds is 5. The fraction of sp³-hybridized carbons (Fsp3) is 0.929. The lowest BCUT2D eigenvalue weighted by molar-refractivity contribution is 0.121. The Balaban J connectivity index is 1.73. The summed E-state index contributed by atoms with van der Waals surface area (Å²) in [6.07, 6.45) is 6.17. The van der Waals surface area contributed by atoms with Gasteiger partial charge in [-0.2, -0.15) is 5.26 Å². The van der Waals surface area contributed by atoms with Gasteiger partial charge in [0.05, 0.1) is 12.1 Å². The van der Waals surface area contributed by atoms with Crippen molar-refractivity contribution in [1.29, 1.82) is 5.26 Å². The largest absolute Gasteiger partial charge is 0.300 e. The van der Waals surface area contributed by atoms with Crippen LogP contribution < -0.4 is 5.32 Å². The van der Waals surface area contributed by atoms with Crippen LogP contribution in [0.25, 0.3) is 0 Å². The molecule has 3 atom stereocenters. The first-order chi connectivity index (χ1) is 8.19. The molecule has 3 nitrogen and oxygen atoms in total. The molecule has 0 radical (unpaired) electrons. The molecule has 1 heterocycles. The molecule has 1 N–H and O–H groups in total. The second-order valence-electron chi connectivity index (χ2n) is 5.94. The summed E-state index contributed by atoms with van der Waals surface area (Å²) in [6, 6.07) is 3.80. The van der Waals surface area contributed by atoms with Crippen LogP contribution in [-0.2, 0) is 0 Å². The summed E-state index contributed by atoms with van der Waals surface area (Å²) in [4.78, 5) is 2.56. The number of nitrogens with one attached hydrogen (secondary N) is 1. The third-order valence-electron chi connectivity index (χ3n) is 4.12. The molecule has 3 heteroatoms. The highest BCUT2D eigenvalue weighted by atomic mass is 15.2. The summed E-state index contributed by atoms with van der Waals surface area (Å²) < 4.78 is 0. The maximum atomic E-state index is 9.12. The molecule has 2 rings (SSSR count). The SMILES string of the molecule is CC1CCC(C)N(CCC(C#N)NC2CC2)C1. The van der Waals surface area contributed by atoms with E-state index in [4.69, 9.17) is 5.26 Å². The Hall–Kier alpha value is -0.590. The Labute approximate surface area is 105 Å². The van der Waals surface area contributed by atoms with Crippen LogP contribution in [0.15, 0.2) is 0 Å². The van der Waals surface area contributed by atoms with Gasteiger partial charge in [-0.3, -0.25) is 5.32 Å². The number of nitrogens with zero attached hydrogens (tertiary/aromatic N) is 2. The van der Waals surface area contributed by atoms with E-state index in [0.717, 1.165) is 18.9 Å². The van der Waals surface area contributed by atoms with Crippen LogP contribution in [0, 0.1) is 17.2 Å². The lowest BCUT2D eigenvalue weighted by atomic mass is 9.95. The monoisotopic (exact) mass is 235 g/mol. The molecular formula is C14H25N3. The smallest absolute Gasteiger partial charge is 0.0967 e. The van der Waals surface area contributed by atoms with Gasteiger partial charge < -0.3 is 4.90 Å². The minimum atomic E-state index is 0.0620. The number of hydrogen-bond donors (Lipinski definition) is 1. The molecule has 3 unspecified atom stereocenters. The molecule has 96 valence electrons. The second kappa shape index (κ2) is 5.84. The molecule has 1 aliphatic heterocycles. The molecule has 17 heavy (non-hydrogen) atoms. The van der Waals surface area contributed by atoms with E-state index >= 15 is 0 Å². The lowest BCUT2D eigenvalue weighted by Gasteiger charge is -2.37. The first kappa shape index (κ1) is 12.9. The van der Waals surface area contributed by atoms with Crippen LogP contribution in [0.1, 0.15) is 46.0 Å². The van der Waals surface area contributed by atoms with Crippen molar-refractivity contribution < 1.29 is 0 Å². The summed E-state index contributed by atoms with van der Waals surface area (Å²) in [5.74, 6) is 0.822. The van der Waals surface area contributed by atoms with Crippen molar-refractivity contribution in [3.8, 4) is 6.07 Å². The van der Waals surface area contributed by atoms with E-state index in [2.05, 4.69) is 30.1 Å². The van der Waals surface area contributed by atoms with Gasteiger partial charge in [0.15, 0.2) is 0 Å². The van der Waals surface area contributed by atoms with Gasteiger partial charge in [0.25, 0.3) is 0 Å². The van der Waals surface area contributed by atoms with Crippen molar-refractivity contribution >= 4 is 0 Å². The van der Waals surface area contributed by atoms with Crippen molar-refractivity contribution in [2.75, 3.05) is 13.1 Å². The highest BCUT2D eigenvalue weighted by molar-refractivity contribution is 4.96. The molecule has 1 aliphatic carbocycles. The highest BCUT2D eigenvalue weighted by Gasteiger charge is 2.26. The second-order valence-corrected chi connectivity index (χ2v) is 5.94. The fourth-order valence-corrected chi connectivity index (χ4v) is 2.71. The van der Waals surface area contributed by atoms with Crippen molar-refractivity contribution in [3.05, 3.63) is 0 Å². The minimum absolute atomic E-state index is 0.0620. The zero-order valence-corrected chi connectivity index (χ0v) is 11.2. The molecule has 0 spiro atoms. The quantitative estimate of drug-likeness (QED) is 0.793. The van der Waals surface area contributed by atoms with Gasteiger partial charge in [-0.1, -0.05) is 6.92 Å². The normalized spacial score (nSPS) is 32.1. The van der Waals surface area contributed by atoms with E-state index in [1.54, 1.807) is 0 Å². The topological polar surface area (TPSA) is 39.1 Å². The predicted molar refractivity (Wildman–Crippen MR) is 69.6 cm³/mol. The van der Waals surface area contributed by atoms with E-state index < -0.39 is 0 Å². The van der Waals surface area contributed by atoms with Gasteiger partial charge in [0, 0.05) is 25.2 Å². The molecule has 0 bridgehead atoms. The van der Waals surface area contributed by atoms with Crippen molar-refractivity contribution in [2.24, 2.45) is 5.92 Å². The first-order valence-corrected chi connectivity index (χ1v) is 7.08. The summed E-state index contributed by atoms with van der Waals surface area (Å²) in [7, 11) is 0. The van der Waals surface area contributed by atoms with Crippen molar-refractivity contribution in [3.63, 3.8) is 0 Å². The highest BCUT2D eigenvalue weighted by Crippen LogP contribution is 2.22. The van der Waals surface area contributed by atoms with Crippen LogP contribution in [0.4, 0.5) is 0 Å². The standard InChI is InChI=1S/C14H25N3/c1-11-3-4-12(2)17(10-11)8-7-14(9-15)16-13-5-6-13/h11-14,16H,3-8,10H2,1-2H3. The molecule has 0 aromatic heterocycles. The number of nitriles is 1. The van der Waals surface area contributed by atoms with Gasteiger partial charge in [-0.05, 0) is 44.9 Å². The average molecular weight is 235 g/mol. The number of likely N-dealkylation sites (tertiary alicyclic amines) is 1. The number of piperidine rings is 1. The van der Waals surface area contributed by atoms with Crippen molar-refractivity contribution in [1.82, 2.24) is 10.2 Å². The predicted octanol–water partition coefficient (Wildman–Crippen LogP) is 2.14. The van der Waals surface area contributed by atoms with Crippen LogP contribution in [-0.4, -0.2) is 36.1 Å². The van der Waals surface area contributed by atoms with E-state index in [1.807, 2.05) is 0 Å². The maximum Gasteiger partial charge on any atom is 0.0967 e. The maximum absolute atomic E-state index is 9.12. The zero-order chi connectivity index (χ0) is 12.3. The lowest BCUT2D eigenvalue weighted by Crippen LogP contribution is -2.43. The van der Waals surface area contributed by atoms with Gasteiger partial charge >= 0.3 is 0 Å². The zero-order valence-electron chi connectivity index (χ0n) is 11.2.